The first-order chi connectivity index (χ1) is 14.0. The minimum Gasteiger partial charge on any atom is -0.347 e. The summed E-state index contributed by atoms with van der Waals surface area (Å²) in [6.45, 7) is 4.83. The quantitative estimate of drug-likeness (QED) is 0.673. The van der Waals surface area contributed by atoms with Crippen molar-refractivity contribution in [1.82, 2.24) is 15.5 Å². The zero-order valence-corrected chi connectivity index (χ0v) is 17.2. The van der Waals surface area contributed by atoms with Crippen LogP contribution in [0.15, 0.2) is 18.2 Å². The normalized spacial score (nSPS) is 16.6. The molecule has 7 nitrogen and oxygen atoms in total. The number of piperidine rings is 1. The number of nitrogens with zero attached hydrogens (tertiary/aromatic N) is 1. The Morgan fingerprint density at radius 3 is 2.37 bits per heavy atom. The van der Waals surface area contributed by atoms with E-state index in [2.05, 4.69) is 10.6 Å². The average Bonchev–Trinajstić information content (AvgIpc) is 2.67. The van der Waals surface area contributed by atoms with Crippen LogP contribution in [0.3, 0.4) is 0 Å². The van der Waals surface area contributed by atoms with Crippen molar-refractivity contribution in [2.45, 2.75) is 45.8 Å². The van der Waals surface area contributed by atoms with Crippen LogP contribution in [-0.4, -0.2) is 54.6 Å². The number of aryl methyl sites for hydroxylation is 2. The fourth-order valence-corrected chi connectivity index (χ4v) is 3.37. The minimum absolute atomic E-state index is 0.343. The summed E-state index contributed by atoms with van der Waals surface area (Å²) in [4.78, 5) is 38.2. The standard InChI is InChI=1S/C20H27F3N4O3/c1-12-4-5-16(13(2)10-12)25-19(30)26-17(28)14(3)27-8-6-15(7-9-27)18(29)24-11-20(21,22)23/h4-5,10,14-15H,6-9,11H2,1-3H3,(H,24,29)(H2,25,26,28,30). The van der Waals surface area contributed by atoms with Crippen molar-refractivity contribution in [3.63, 3.8) is 0 Å². The van der Waals surface area contributed by atoms with Gasteiger partial charge in [-0.15, -0.1) is 0 Å². The maximum absolute atomic E-state index is 12.4. The largest absolute Gasteiger partial charge is 0.405 e. The van der Waals surface area contributed by atoms with Crippen molar-refractivity contribution in [3.05, 3.63) is 29.3 Å². The highest BCUT2D eigenvalue weighted by Gasteiger charge is 2.33. The Bertz CT molecular complexity index is 790. The third-order valence-corrected chi connectivity index (χ3v) is 5.16. The molecular weight excluding hydrogens is 401 g/mol. The van der Waals surface area contributed by atoms with Gasteiger partial charge in [0.05, 0.1) is 6.04 Å². The number of carbonyl (C=O) groups excluding carboxylic acids is 3. The minimum atomic E-state index is -4.44. The van der Waals surface area contributed by atoms with Gasteiger partial charge >= 0.3 is 12.2 Å². The van der Waals surface area contributed by atoms with Gasteiger partial charge in [-0.25, -0.2) is 4.79 Å². The van der Waals surface area contributed by atoms with Crippen LogP contribution in [0.4, 0.5) is 23.7 Å². The molecule has 1 heterocycles. The van der Waals surface area contributed by atoms with E-state index in [1.54, 1.807) is 17.9 Å². The predicted molar refractivity (Wildman–Crippen MR) is 106 cm³/mol. The highest BCUT2D eigenvalue weighted by atomic mass is 19.4. The lowest BCUT2D eigenvalue weighted by molar-refractivity contribution is -0.142. The Morgan fingerprint density at radius 2 is 1.80 bits per heavy atom. The number of alkyl halides is 3. The Labute approximate surface area is 173 Å². The number of likely N-dealkylation sites (tertiary alicyclic amines) is 1. The van der Waals surface area contributed by atoms with E-state index in [1.165, 1.54) is 0 Å². The van der Waals surface area contributed by atoms with Crippen LogP contribution in [-0.2, 0) is 9.59 Å². The monoisotopic (exact) mass is 428 g/mol. The number of imide groups is 1. The lowest BCUT2D eigenvalue weighted by Gasteiger charge is -2.34. The van der Waals surface area contributed by atoms with E-state index in [0.29, 0.717) is 31.6 Å². The van der Waals surface area contributed by atoms with Crippen molar-refractivity contribution >= 4 is 23.5 Å². The van der Waals surface area contributed by atoms with E-state index in [-0.39, 0.29) is 0 Å². The summed E-state index contributed by atoms with van der Waals surface area (Å²) in [7, 11) is 0. The second-order valence-electron chi connectivity index (χ2n) is 7.58. The van der Waals surface area contributed by atoms with Gasteiger partial charge in [-0.2, -0.15) is 13.2 Å². The maximum Gasteiger partial charge on any atom is 0.405 e. The molecule has 4 amide bonds. The molecule has 1 aliphatic rings. The summed E-state index contributed by atoms with van der Waals surface area (Å²) in [5.41, 5.74) is 2.53. The molecular formula is C20H27F3N4O3. The Hall–Kier alpha value is -2.62. The van der Waals surface area contributed by atoms with Crippen LogP contribution in [0.2, 0.25) is 0 Å². The summed E-state index contributed by atoms with van der Waals surface area (Å²) in [5, 5.41) is 6.85. The number of rotatable bonds is 5. The number of urea groups is 1. The molecule has 2 rings (SSSR count). The zero-order valence-electron chi connectivity index (χ0n) is 17.2. The smallest absolute Gasteiger partial charge is 0.347 e. The summed E-state index contributed by atoms with van der Waals surface area (Å²) in [5.74, 6) is -1.64. The van der Waals surface area contributed by atoms with Crippen LogP contribution >= 0.6 is 0 Å². The van der Waals surface area contributed by atoms with Gasteiger partial charge in [0.15, 0.2) is 0 Å². The van der Waals surface area contributed by atoms with Crippen LogP contribution < -0.4 is 16.0 Å². The molecule has 0 aliphatic carbocycles. The number of hydrogen-bond donors (Lipinski definition) is 3. The Morgan fingerprint density at radius 1 is 1.17 bits per heavy atom. The summed E-state index contributed by atoms with van der Waals surface area (Å²) in [6, 6.07) is 4.26. The number of anilines is 1. The second kappa shape index (κ2) is 9.92. The molecule has 1 fully saturated rings. The molecule has 1 aromatic rings. The molecule has 166 valence electrons. The molecule has 10 heteroatoms. The van der Waals surface area contributed by atoms with Crippen LogP contribution in [0, 0.1) is 19.8 Å². The topological polar surface area (TPSA) is 90.5 Å². The lowest BCUT2D eigenvalue weighted by Crippen LogP contribution is -2.51. The number of hydrogen-bond acceptors (Lipinski definition) is 4. The summed E-state index contributed by atoms with van der Waals surface area (Å²) in [6.07, 6.45) is -3.76. The van der Waals surface area contributed by atoms with Crippen LogP contribution in [0.25, 0.3) is 0 Å². The summed E-state index contributed by atoms with van der Waals surface area (Å²) < 4.78 is 36.7. The van der Waals surface area contributed by atoms with Gasteiger partial charge in [0.1, 0.15) is 6.54 Å². The van der Waals surface area contributed by atoms with E-state index >= 15 is 0 Å². The molecule has 3 N–H and O–H groups in total. The third-order valence-electron chi connectivity index (χ3n) is 5.16. The fourth-order valence-electron chi connectivity index (χ4n) is 3.37. The fraction of sp³-hybridized carbons (Fsp3) is 0.550. The molecule has 1 aromatic carbocycles. The van der Waals surface area contributed by atoms with Gasteiger partial charge in [-0.1, -0.05) is 17.7 Å². The molecule has 1 atom stereocenters. The first-order valence-corrected chi connectivity index (χ1v) is 9.74. The van der Waals surface area contributed by atoms with Gasteiger partial charge in [0, 0.05) is 11.6 Å². The molecule has 30 heavy (non-hydrogen) atoms. The van der Waals surface area contributed by atoms with Gasteiger partial charge in [-0.3, -0.25) is 19.8 Å². The first kappa shape index (κ1) is 23.7. The van der Waals surface area contributed by atoms with E-state index in [0.717, 1.165) is 11.1 Å². The molecule has 0 spiro atoms. The van der Waals surface area contributed by atoms with Crippen molar-refractivity contribution in [2.24, 2.45) is 5.92 Å². The molecule has 1 saturated heterocycles. The van der Waals surface area contributed by atoms with E-state index in [4.69, 9.17) is 0 Å². The number of halogens is 3. The predicted octanol–water partition coefficient (Wildman–Crippen LogP) is 2.73. The molecule has 0 aromatic heterocycles. The third kappa shape index (κ3) is 7.01. The number of amides is 4. The number of nitrogens with one attached hydrogen (secondary N) is 3. The van der Waals surface area contributed by atoms with Gasteiger partial charge in [0.25, 0.3) is 0 Å². The first-order valence-electron chi connectivity index (χ1n) is 9.74. The van der Waals surface area contributed by atoms with Crippen molar-refractivity contribution in [1.29, 1.82) is 0 Å². The van der Waals surface area contributed by atoms with Crippen LogP contribution in [0.1, 0.15) is 30.9 Å². The van der Waals surface area contributed by atoms with E-state index in [1.807, 2.05) is 31.3 Å². The van der Waals surface area contributed by atoms with Gasteiger partial charge in [-0.05, 0) is 58.3 Å². The maximum atomic E-state index is 12.4. The molecule has 0 radical (unpaired) electrons. The van der Waals surface area contributed by atoms with E-state index < -0.39 is 42.5 Å². The SMILES string of the molecule is Cc1ccc(NC(=O)NC(=O)C(C)N2CCC(C(=O)NCC(F)(F)F)CC2)c(C)c1. The lowest BCUT2D eigenvalue weighted by atomic mass is 9.95. The zero-order chi connectivity index (χ0) is 22.5. The highest BCUT2D eigenvalue weighted by molar-refractivity contribution is 6.03. The Kier molecular flexibility index (Phi) is 7.83. The van der Waals surface area contributed by atoms with E-state index in [9.17, 15) is 27.6 Å². The average molecular weight is 428 g/mol. The van der Waals surface area contributed by atoms with Crippen molar-refractivity contribution in [3.8, 4) is 0 Å². The van der Waals surface area contributed by atoms with Gasteiger partial charge < -0.3 is 10.6 Å². The van der Waals surface area contributed by atoms with Gasteiger partial charge in [0.2, 0.25) is 11.8 Å². The molecule has 0 saturated carbocycles. The molecule has 1 unspecified atom stereocenters. The highest BCUT2D eigenvalue weighted by Crippen LogP contribution is 2.20. The van der Waals surface area contributed by atoms with Crippen molar-refractivity contribution < 1.29 is 27.6 Å². The number of benzene rings is 1. The van der Waals surface area contributed by atoms with Crippen LogP contribution in [0.5, 0.6) is 0 Å². The molecule has 1 aliphatic heterocycles. The summed E-state index contributed by atoms with van der Waals surface area (Å²) >= 11 is 0. The van der Waals surface area contributed by atoms with Crippen molar-refractivity contribution in [2.75, 3.05) is 25.0 Å². The molecule has 0 bridgehead atoms. The number of carbonyl (C=O) groups is 3. The Balaban J connectivity index is 1.80. The second-order valence-corrected chi connectivity index (χ2v) is 7.58.